The first-order valence-corrected chi connectivity index (χ1v) is 5.94. The van der Waals surface area contributed by atoms with E-state index in [-0.39, 0.29) is 24.0 Å². The number of halogens is 1. The number of benzene rings is 1. The molecule has 0 amide bonds. The molecule has 0 aliphatic carbocycles. The third-order valence-corrected chi connectivity index (χ3v) is 2.81. The molecule has 5 nitrogen and oxygen atoms in total. The Morgan fingerprint density at radius 2 is 2.10 bits per heavy atom. The van der Waals surface area contributed by atoms with Gasteiger partial charge in [-0.3, -0.25) is 14.8 Å². The molecule has 0 radical (unpaired) electrons. The van der Waals surface area contributed by atoms with Gasteiger partial charge in [0.1, 0.15) is 12.4 Å². The number of nitrogens with zero attached hydrogens (tertiary/aromatic N) is 2. The second-order valence-electron chi connectivity index (χ2n) is 4.14. The number of aromatic nitrogens is 3. The fourth-order valence-corrected chi connectivity index (χ4v) is 1.80. The summed E-state index contributed by atoms with van der Waals surface area (Å²) in [6.45, 7) is -0.0125. The summed E-state index contributed by atoms with van der Waals surface area (Å²) in [5.74, 6) is -0.364. The Kier molecular flexibility index (Phi) is 3.12. The van der Waals surface area contributed by atoms with Crippen molar-refractivity contribution in [2.75, 3.05) is 0 Å². The molecule has 0 spiro atoms. The molecule has 3 rings (SSSR count). The van der Waals surface area contributed by atoms with Crippen LogP contribution in [0.5, 0.6) is 6.01 Å². The third-order valence-electron chi connectivity index (χ3n) is 2.81. The molecule has 0 aliphatic rings. The van der Waals surface area contributed by atoms with Crippen molar-refractivity contribution in [2.24, 2.45) is 0 Å². The number of ether oxygens (including phenoxy) is 1. The summed E-state index contributed by atoms with van der Waals surface area (Å²) in [5, 5.41) is 0.429. The molecule has 2 aromatic heterocycles. The molecule has 0 atom stereocenters. The zero-order valence-corrected chi connectivity index (χ0v) is 10.3. The van der Waals surface area contributed by atoms with Crippen molar-refractivity contribution in [3.63, 3.8) is 0 Å². The van der Waals surface area contributed by atoms with Gasteiger partial charge in [0.15, 0.2) is 0 Å². The molecule has 0 saturated heterocycles. The molecule has 0 aliphatic heterocycles. The second-order valence-corrected chi connectivity index (χ2v) is 4.14. The van der Waals surface area contributed by atoms with Crippen molar-refractivity contribution >= 4 is 10.9 Å². The summed E-state index contributed by atoms with van der Waals surface area (Å²) in [5.41, 5.74) is 0.502. The van der Waals surface area contributed by atoms with Gasteiger partial charge in [-0.1, -0.05) is 18.2 Å². The van der Waals surface area contributed by atoms with E-state index >= 15 is 0 Å². The van der Waals surface area contributed by atoms with Crippen LogP contribution in [0.1, 0.15) is 5.56 Å². The van der Waals surface area contributed by atoms with Crippen LogP contribution in [0.3, 0.4) is 0 Å². The molecule has 2 heterocycles. The zero-order chi connectivity index (χ0) is 13.9. The van der Waals surface area contributed by atoms with Gasteiger partial charge < -0.3 is 4.74 Å². The maximum absolute atomic E-state index is 13.4. The topological polar surface area (TPSA) is 67.9 Å². The van der Waals surface area contributed by atoms with E-state index in [9.17, 15) is 9.18 Å². The van der Waals surface area contributed by atoms with Crippen LogP contribution in [0.25, 0.3) is 10.9 Å². The first-order valence-electron chi connectivity index (χ1n) is 5.94. The van der Waals surface area contributed by atoms with Crippen molar-refractivity contribution in [3.8, 4) is 6.01 Å². The van der Waals surface area contributed by atoms with Gasteiger partial charge in [-0.2, -0.15) is 4.98 Å². The first kappa shape index (κ1) is 12.3. The summed E-state index contributed by atoms with van der Waals surface area (Å²) in [7, 11) is 0. The van der Waals surface area contributed by atoms with Gasteiger partial charge in [0, 0.05) is 11.8 Å². The van der Waals surface area contributed by atoms with Crippen LogP contribution in [0, 0.1) is 5.82 Å². The maximum Gasteiger partial charge on any atom is 0.297 e. The molecular formula is C14H10FN3O2. The van der Waals surface area contributed by atoms with Gasteiger partial charge in [-0.25, -0.2) is 4.39 Å². The lowest BCUT2D eigenvalue weighted by atomic mass is 10.2. The lowest BCUT2D eigenvalue weighted by Crippen LogP contribution is -2.11. The average Bonchev–Trinajstić information content (AvgIpc) is 2.46. The first-order chi connectivity index (χ1) is 9.74. The number of rotatable bonds is 3. The SMILES string of the molecule is O=c1[nH]c(OCc2ccccc2F)nc2cnccc12. The molecule has 20 heavy (non-hydrogen) atoms. The number of aromatic amines is 1. The number of hydrogen-bond donors (Lipinski definition) is 1. The minimum atomic E-state index is -0.364. The standard InChI is InChI=1S/C14H10FN3O2/c15-11-4-2-1-3-9(11)8-20-14-17-12-7-16-6-5-10(12)13(19)18-14/h1-7H,8H2,(H,17,18,19). The number of pyridine rings is 1. The Bertz CT molecular complexity index is 817. The van der Waals surface area contributed by atoms with Crippen molar-refractivity contribution in [1.29, 1.82) is 0 Å². The molecule has 1 aromatic carbocycles. The van der Waals surface area contributed by atoms with Gasteiger partial charge in [-0.05, 0) is 12.1 Å². The molecule has 0 unspecified atom stereocenters. The highest BCUT2D eigenvalue weighted by Gasteiger charge is 2.06. The Morgan fingerprint density at radius 3 is 2.95 bits per heavy atom. The predicted molar refractivity (Wildman–Crippen MR) is 70.9 cm³/mol. The Labute approximate surface area is 113 Å². The Hall–Kier alpha value is -2.76. The summed E-state index contributed by atoms with van der Waals surface area (Å²) in [4.78, 5) is 22.3. The van der Waals surface area contributed by atoms with Crippen LogP contribution in [0.15, 0.2) is 47.5 Å². The summed E-state index contributed by atoms with van der Waals surface area (Å²) >= 11 is 0. The van der Waals surface area contributed by atoms with E-state index in [0.29, 0.717) is 16.5 Å². The monoisotopic (exact) mass is 271 g/mol. The Morgan fingerprint density at radius 1 is 1.25 bits per heavy atom. The smallest absolute Gasteiger partial charge is 0.297 e. The molecule has 1 N–H and O–H groups in total. The summed E-state index contributed by atoms with van der Waals surface area (Å²) < 4.78 is 18.8. The van der Waals surface area contributed by atoms with E-state index in [1.807, 2.05) is 0 Å². The highest BCUT2D eigenvalue weighted by atomic mass is 19.1. The molecule has 0 fully saturated rings. The van der Waals surface area contributed by atoms with Crippen LogP contribution in [0.4, 0.5) is 4.39 Å². The fourth-order valence-electron chi connectivity index (χ4n) is 1.80. The minimum absolute atomic E-state index is 0.0125. The van der Waals surface area contributed by atoms with Gasteiger partial charge in [0.05, 0.1) is 17.1 Å². The largest absolute Gasteiger partial charge is 0.460 e. The third kappa shape index (κ3) is 2.35. The number of H-pyrrole nitrogens is 1. The maximum atomic E-state index is 13.4. The van der Waals surface area contributed by atoms with E-state index in [1.165, 1.54) is 18.5 Å². The fraction of sp³-hybridized carbons (Fsp3) is 0.0714. The number of nitrogens with one attached hydrogen (secondary N) is 1. The normalized spacial score (nSPS) is 10.7. The van der Waals surface area contributed by atoms with Crippen LogP contribution in [-0.2, 0) is 6.61 Å². The molecule has 0 saturated carbocycles. The second kappa shape index (κ2) is 5.08. The zero-order valence-electron chi connectivity index (χ0n) is 10.3. The number of fused-ring (bicyclic) bond motifs is 1. The van der Waals surface area contributed by atoms with E-state index in [4.69, 9.17) is 4.74 Å². The van der Waals surface area contributed by atoms with E-state index in [2.05, 4.69) is 15.0 Å². The van der Waals surface area contributed by atoms with Gasteiger partial charge in [-0.15, -0.1) is 0 Å². The molecular weight excluding hydrogens is 261 g/mol. The van der Waals surface area contributed by atoms with Gasteiger partial charge in [0.25, 0.3) is 11.6 Å². The average molecular weight is 271 g/mol. The van der Waals surface area contributed by atoms with Crippen molar-refractivity contribution < 1.29 is 9.13 Å². The van der Waals surface area contributed by atoms with Crippen molar-refractivity contribution in [2.45, 2.75) is 6.61 Å². The Balaban J connectivity index is 1.88. The molecule has 6 heteroatoms. The summed E-state index contributed by atoms with van der Waals surface area (Å²) in [6, 6.07) is 7.87. The van der Waals surface area contributed by atoms with Crippen LogP contribution >= 0.6 is 0 Å². The molecule has 0 bridgehead atoms. The minimum Gasteiger partial charge on any atom is -0.460 e. The molecule has 100 valence electrons. The quantitative estimate of drug-likeness (QED) is 0.791. The van der Waals surface area contributed by atoms with Crippen LogP contribution < -0.4 is 10.3 Å². The van der Waals surface area contributed by atoms with Crippen LogP contribution in [-0.4, -0.2) is 15.0 Å². The van der Waals surface area contributed by atoms with Gasteiger partial charge >= 0.3 is 0 Å². The molecule has 3 aromatic rings. The predicted octanol–water partition coefficient (Wildman–Crippen LogP) is 2.04. The van der Waals surface area contributed by atoms with E-state index < -0.39 is 0 Å². The van der Waals surface area contributed by atoms with Crippen molar-refractivity contribution in [3.05, 3.63) is 64.5 Å². The van der Waals surface area contributed by atoms with Crippen molar-refractivity contribution in [1.82, 2.24) is 15.0 Å². The van der Waals surface area contributed by atoms with E-state index in [1.54, 1.807) is 24.3 Å². The highest BCUT2D eigenvalue weighted by Crippen LogP contribution is 2.11. The van der Waals surface area contributed by atoms with Gasteiger partial charge in [0.2, 0.25) is 0 Å². The van der Waals surface area contributed by atoms with E-state index in [0.717, 1.165) is 0 Å². The number of hydrogen-bond acceptors (Lipinski definition) is 4. The lowest BCUT2D eigenvalue weighted by Gasteiger charge is -2.06. The van der Waals surface area contributed by atoms with Crippen LogP contribution in [0.2, 0.25) is 0 Å². The lowest BCUT2D eigenvalue weighted by molar-refractivity contribution is 0.276. The highest BCUT2D eigenvalue weighted by molar-refractivity contribution is 5.76. The summed E-state index contributed by atoms with van der Waals surface area (Å²) in [6.07, 6.45) is 2.99.